The normalized spacial score (nSPS) is 19.6. The van der Waals surface area contributed by atoms with E-state index in [1.165, 1.54) is 6.07 Å². The molecule has 1 aromatic rings. The van der Waals surface area contributed by atoms with Crippen molar-refractivity contribution in [1.29, 1.82) is 0 Å². The van der Waals surface area contributed by atoms with Gasteiger partial charge in [-0.25, -0.2) is 0 Å². The van der Waals surface area contributed by atoms with Crippen LogP contribution in [-0.4, -0.2) is 29.7 Å². The van der Waals surface area contributed by atoms with Crippen LogP contribution in [0, 0.1) is 16.0 Å². The van der Waals surface area contributed by atoms with Crippen molar-refractivity contribution in [2.24, 2.45) is 5.92 Å². The summed E-state index contributed by atoms with van der Waals surface area (Å²) in [6.07, 6.45) is 1.77. The van der Waals surface area contributed by atoms with E-state index in [1.807, 2.05) is 11.0 Å². The molecule has 1 aliphatic heterocycles. The van der Waals surface area contributed by atoms with Crippen molar-refractivity contribution >= 4 is 11.4 Å². The first-order chi connectivity index (χ1) is 8.22. The Bertz CT molecular complexity index is 408. The molecule has 1 fully saturated rings. The molecule has 0 aromatic heterocycles. The number of rotatable bonds is 4. The Labute approximate surface area is 99.8 Å². The van der Waals surface area contributed by atoms with E-state index in [9.17, 15) is 10.1 Å². The molecule has 1 N–H and O–H groups in total. The molecule has 0 radical (unpaired) electrons. The minimum atomic E-state index is -0.339. The number of aliphatic hydroxyl groups is 1. The SMILES string of the molecule is O=[N+]([O-])c1ccccc1N1CC[C@H](CCO)C1. The van der Waals surface area contributed by atoms with E-state index in [1.54, 1.807) is 12.1 Å². The van der Waals surface area contributed by atoms with Gasteiger partial charge in [-0.05, 0) is 24.8 Å². The topological polar surface area (TPSA) is 66.6 Å². The number of hydrogen-bond donors (Lipinski definition) is 1. The highest BCUT2D eigenvalue weighted by Gasteiger charge is 2.26. The summed E-state index contributed by atoms with van der Waals surface area (Å²) < 4.78 is 0. The smallest absolute Gasteiger partial charge is 0.292 e. The maximum absolute atomic E-state index is 10.9. The average molecular weight is 236 g/mol. The van der Waals surface area contributed by atoms with Gasteiger partial charge in [-0.15, -0.1) is 0 Å². The van der Waals surface area contributed by atoms with Crippen LogP contribution in [0.5, 0.6) is 0 Å². The molecule has 2 rings (SSSR count). The molecule has 0 bridgehead atoms. The van der Waals surface area contributed by atoms with Crippen LogP contribution in [0.15, 0.2) is 24.3 Å². The van der Waals surface area contributed by atoms with Crippen molar-refractivity contribution in [3.05, 3.63) is 34.4 Å². The van der Waals surface area contributed by atoms with Crippen molar-refractivity contribution in [3.8, 4) is 0 Å². The van der Waals surface area contributed by atoms with Crippen LogP contribution >= 0.6 is 0 Å². The van der Waals surface area contributed by atoms with Crippen LogP contribution in [0.2, 0.25) is 0 Å². The highest BCUT2D eigenvalue weighted by atomic mass is 16.6. The first kappa shape index (κ1) is 11.9. The van der Waals surface area contributed by atoms with Gasteiger partial charge >= 0.3 is 0 Å². The molecule has 1 aromatic carbocycles. The van der Waals surface area contributed by atoms with Crippen LogP contribution in [0.25, 0.3) is 0 Å². The van der Waals surface area contributed by atoms with E-state index in [-0.39, 0.29) is 17.2 Å². The predicted octanol–water partition coefficient (Wildman–Crippen LogP) is 1.80. The fourth-order valence-corrected chi connectivity index (χ4v) is 2.36. The number of anilines is 1. The van der Waals surface area contributed by atoms with Crippen molar-refractivity contribution in [3.63, 3.8) is 0 Å². The number of nitro groups is 1. The van der Waals surface area contributed by atoms with Gasteiger partial charge in [0.15, 0.2) is 0 Å². The molecule has 0 saturated carbocycles. The molecule has 92 valence electrons. The van der Waals surface area contributed by atoms with Crippen molar-refractivity contribution < 1.29 is 10.0 Å². The molecule has 0 aliphatic carbocycles. The number of nitrogens with zero attached hydrogens (tertiary/aromatic N) is 2. The molecule has 5 nitrogen and oxygen atoms in total. The van der Waals surface area contributed by atoms with Gasteiger partial charge in [0.05, 0.1) is 4.92 Å². The van der Waals surface area contributed by atoms with Gasteiger partial charge < -0.3 is 10.0 Å². The van der Waals surface area contributed by atoms with Gasteiger partial charge in [-0.1, -0.05) is 12.1 Å². The summed E-state index contributed by atoms with van der Waals surface area (Å²) in [6, 6.07) is 6.83. The second-order valence-electron chi connectivity index (χ2n) is 4.36. The number of hydrogen-bond acceptors (Lipinski definition) is 4. The molecule has 1 atom stereocenters. The summed E-state index contributed by atoms with van der Waals surface area (Å²) in [6.45, 7) is 1.82. The van der Waals surface area contributed by atoms with Gasteiger partial charge in [-0.3, -0.25) is 10.1 Å². The lowest BCUT2D eigenvalue weighted by molar-refractivity contribution is -0.384. The zero-order valence-electron chi connectivity index (χ0n) is 9.58. The maximum atomic E-state index is 10.9. The number of para-hydroxylation sites is 2. The quantitative estimate of drug-likeness (QED) is 0.639. The Morgan fingerprint density at radius 3 is 2.94 bits per heavy atom. The van der Waals surface area contributed by atoms with Crippen LogP contribution < -0.4 is 4.90 Å². The molecule has 1 heterocycles. The van der Waals surface area contributed by atoms with Gasteiger partial charge in [-0.2, -0.15) is 0 Å². The van der Waals surface area contributed by atoms with E-state index < -0.39 is 0 Å². The van der Waals surface area contributed by atoms with Gasteiger partial charge in [0.2, 0.25) is 0 Å². The van der Waals surface area contributed by atoms with Crippen molar-refractivity contribution in [1.82, 2.24) is 0 Å². The Morgan fingerprint density at radius 2 is 2.24 bits per heavy atom. The average Bonchev–Trinajstić information content (AvgIpc) is 2.78. The summed E-state index contributed by atoms with van der Waals surface area (Å²) in [5, 5.41) is 19.8. The summed E-state index contributed by atoms with van der Waals surface area (Å²) in [7, 11) is 0. The lowest BCUT2D eigenvalue weighted by atomic mass is 10.1. The first-order valence-electron chi connectivity index (χ1n) is 5.81. The van der Waals surface area contributed by atoms with Gasteiger partial charge in [0, 0.05) is 25.8 Å². The van der Waals surface area contributed by atoms with E-state index >= 15 is 0 Å². The molecular weight excluding hydrogens is 220 g/mol. The largest absolute Gasteiger partial charge is 0.396 e. The summed E-state index contributed by atoms with van der Waals surface area (Å²) >= 11 is 0. The van der Waals surface area contributed by atoms with Crippen molar-refractivity contribution in [2.75, 3.05) is 24.6 Å². The van der Waals surface area contributed by atoms with Gasteiger partial charge in [0.1, 0.15) is 5.69 Å². The monoisotopic (exact) mass is 236 g/mol. The number of aliphatic hydroxyl groups excluding tert-OH is 1. The van der Waals surface area contributed by atoms with Crippen LogP contribution in [0.3, 0.4) is 0 Å². The molecule has 0 unspecified atom stereocenters. The van der Waals surface area contributed by atoms with E-state index in [4.69, 9.17) is 5.11 Å². The van der Waals surface area contributed by atoms with Gasteiger partial charge in [0.25, 0.3) is 5.69 Å². The minimum Gasteiger partial charge on any atom is -0.396 e. The Balaban J connectivity index is 2.16. The zero-order chi connectivity index (χ0) is 12.3. The maximum Gasteiger partial charge on any atom is 0.292 e. The minimum absolute atomic E-state index is 0.164. The third-order valence-corrected chi connectivity index (χ3v) is 3.24. The number of nitro benzene ring substituents is 1. The number of benzene rings is 1. The second kappa shape index (κ2) is 5.14. The molecule has 5 heteroatoms. The predicted molar refractivity (Wildman–Crippen MR) is 65.1 cm³/mol. The molecule has 1 saturated heterocycles. The van der Waals surface area contributed by atoms with E-state index in [0.717, 1.165) is 25.9 Å². The summed E-state index contributed by atoms with van der Waals surface area (Å²) in [4.78, 5) is 12.6. The Morgan fingerprint density at radius 1 is 1.47 bits per heavy atom. The van der Waals surface area contributed by atoms with E-state index in [0.29, 0.717) is 11.6 Å². The lowest BCUT2D eigenvalue weighted by Gasteiger charge is -2.18. The summed E-state index contributed by atoms with van der Waals surface area (Å²) in [5.41, 5.74) is 0.857. The molecule has 17 heavy (non-hydrogen) atoms. The Hall–Kier alpha value is -1.62. The Kier molecular flexibility index (Phi) is 3.58. The van der Waals surface area contributed by atoms with Crippen LogP contribution in [0.1, 0.15) is 12.8 Å². The van der Waals surface area contributed by atoms with Crippen LogP contribution in [-0.2, 0) is 0 Å². The molecule has 0 amide bonds. The lowest BCUT2D eigenvalue weighted by Crippen LogP contribution is -2.20. The standard InChI is InChI=1S/C12H16N2O3/c15-8-6-10-5-7-13(9-10)11-3-1-2-4-12(11)14(16)17/h1-4,10,15H,5-9H2/t10-/m1/s1. The molecule has 1 aliphatic rings. The highest BCUT2D eigenvalue weighted by Crippen LogP contribution is 2.32. The molecule has 0 spiro atoms. The highest BCUT2D eigenvalue weighted by molar-refractivity contribution is 5.63. The fraction of sp³-hybridized carbons (Fsp3) is 0.500. The third kappa shape index (κ3) is 2.55. The van der Waals surface area contributed by atoms with Crippen molar-refractivity contribution in [2.45, 2.75) is 12.8 Å². The molecular formula is C12H16N2O3. The van der Waals surface area contributed by atoms with Crippen LogP contribution in [0.4, 0.5) is 11.4 Å². The van der Waals surface area contributed by atoms with E-state index in [2.05, 4.69) is 0 Å². The summed E-state index contributed by atoms with van der Waals surface area (Å²) in [5.74, 6) is 0.444. The fourth-order valence-electron chi connectivity index (χ4n) is 2.36. The third-order valence-electron chi connectivity index (χ3n) is 3.24. The zero-order valence-corrected chi connectivity index (χ0v) is 9.58. The second-order valence-corrected chi connectivity index (χ2v) is 4.36. The first-order valence-corrected chi connectivity index (χ1v) is 5.81.